The molecule has 0 saturated heterocycles. The van der Waals surface area contributed by atoms with E-state index in [0.29, 0.717) is 12.7 Å². The minimum Gasteiger partial charge on any atom is -0.356 e. The van der Waals surface area contributed by atoms with Crippen molar-refractivity contribution in [1.29, 1.82) is 0 Å². The predicted octanol–water partition coefficient (Wildman–Crippen LogP) is -0.968. The monoisotopic (exact) mass is 199 g/mol. The average molecular weight is 199 g/mol. The Morgan fingerprint density at radius 2 is 2.64 bits per heavy atom. The average Bonchev–Trinajstić information content (AvgIpc) is 2.69. The zero-order valence-electron chi connectivity index (χ0n) is 7.80. The molecule has 14 heavy (non-hydrogen) atoms. The van der Waals surface area contributed by atoms with Crippen molar-refractivity contribution < 1.29 is 14.6 Å². The molecule has 6 heteroatoms. The molecule has 0 spiro atoms. The fourth-order valence-electron chi connectivity index (χ4n) is 1.03. The summed E-state index contributed by atoms with van der Waals surface area (Å²) in [5, 5.41) is 11.6. The van der Waals surface area contributed by atoms with Crippen molar-refractivity contribution in [2.75, 3.05) is 7.11 Å². The van der Waals surface area contributed by atoms with E-state index in [1.54, 1.807) is 6.20 Å². The van der Waals surface area contributed by atoms with E-state index in [1.165, 1.54) is 13.4 Å². The van der Waals surface area contributed by atoms with Gasteiger partial charge < -0.3 is 19.6 Å². The van der Waals surface area contributed by atoms with Gasteiger partial charge >= 0.3 is 0 Å². The van der Waals surface area contributed by atoms with Crippen molar-refractivity contribution in [3.63, 3.8) is 0 Å². The SMILES string of the molecule is COC(O)N[C@@H](C=O)Cc1cnc[nH]1. The lowest BCUT2D eigenvalue weighted by Gasteiger charge is -2.15. The number of imidazole rings is 1. The van der Waals surface area contributed by atoms with Crippen LogP contribution in [0.5, 0.6) is 0 Å². The number of hydrogen-bond acceptors (Lipinski definition) is 5. The molecule has 1 aromatic heterocycles. The summed E-state index contributed by atoms with van der Waals surface area (Å²) < 4.78 is 4.56. The van der Waals surface area contributed by atoms with E-state index in [9.17, 15) is 4.79 Å². The van der Waals surface area contributed by atoms with E-state index < -0.39 is 12.5 Å². The van der Waals surface area contributed by atoms with Crippen LogP contribution in [0.2, 0.25) is 0 Å². The second-order valence-electron chi connectivity index (χ2n) is 2.78. The van der Waals surface area contributed by atoms with Crippen molar-refractivity contribution in [2.24, 2.45) is 0 Å². The summed E-state index contributed by atoms with van der Waals surface area (Å²) in [6.45, 7) is 0. The molecular formula is C8H13N3O3. The number of hydrogen-bond donors (Lipinski definition) is 3. The molecule has 0 aromatic carbocycles. The number of H-pyrrole nitrogens is 1. The van der Waals surface area contributed by atoms with Crippen LogP contribution in [0.1, 0.15) is 5.69 Å². The highest BCUT2D eigenvalue weighted by Crippen LogP contribution is 1.97. The molecule has 78 valence electrons. The number of ether oxygens (including phenoxy) is 1. The van der Waals surface area contributed by atoms with Gasteiger partial charge in [-0.2, -0.15) is 0 Å². The Morgan fingerprint density at radius 1 is 1.86 bits per heavy atom. The number of nitrogens with zero attached hydrogens (tertiary/aromatic N) is 1. The Bertz CT molecular complexity index is 263. The summed E-state index contributed by atoms with van der Waals surface area (Å²) in [5.41, 5.74) is 0.818. The number of nitrogens with one attached hydrogen (secondary N) is 2. The van der Waals surface area contributed by atoms with E-state index in [2.05, 4.69) is 20.0 Å². The Balaban J connectivity index is 2.43. The van der Waals surface area contributed by atoms with E-state index in [0.717, 1.165) is 5.69 Å². The third kappa shape index (κ3) is 3.25. The molecule has 0 amide bonds. The highest BCUT2D eigenvalue weighted by molar-refractivity contribution is 5.58. The van der Waals surface area contributed by atoms with Gasteiger partial charge in [-0.05, 0) is 0 Å². The largest absolute Gasteiger partial charge is 0.356 e. The lowest BCUT2D eigenvalue weighted by atomic mass is 10.2. The quantitative estimate of drug-likeness (QED) is 0.405. The maximum absolute atomic E-state index is 10.6. The molecule has 1 aromatic rings. The number of carbonyl (C=O) groups excluding carboxylic acids is 1. The Morgan fingerprint density at radius 3 is 3.14 bits per heavy atom. The third-order valence-electron chi connectivity index (χ3n) is 1.74. The molecule has 1 rings (SSSR count). The number of aliphatic hydroxyl groups is 1. The van der Waals surface area contributed by atoms with Crippen LogP contribution in [-0.4, -0.2) is 40.9 Å². The van der Waals surface area contributed by atoms with Crippen molar-refractivity contribution >= 4 is 6.29 Å². The maximum atomic E-state index is 10.6. The summed E-state index contributed by atoms with van der Waals surface area (Å²) in [4.78, 5) is 17.3. The topological polar surface area (TPSA) is 87.2 Å². The number of carbonyl (C=O) groups is 1. The van der Waals surface area contributed by atoms with Gasteiger partial charge in [-0.15, -0.1) is 0 Å². The normalized spacial score (nSPS) is 15.0. The number of rotatable bonds is 6. The van der Waals surface area contributed by atoms with Crippen LogP contribution in [0.3, 0.4) is 0 Å². The smallest absolute Gasteiger partial charge is 0.213 e. The molecule has 0 bridgehead atoms. The molecule has 0 saturated carbocycles. The van der Waals surface area contributed by atoms with Gasteiger partial charge in [-0.1, -0.05) is 0 Å². The van der Waals surface area contributed by atoms with Gasteiger partial charge in [0.15, 0.2) is 0 Å². The molecule has 0 radical (unpaired) electrons. The van der Waals surface area contributed by atoms with Gasteiger partial charge in [0.2, 0.25) is 6.41 Å². The summed E-state index contributed by atoms with van der Waals surface area (Å²) in [5.74, 6) is 0. The zero-order valence-corrected chi connectivity index (χ0v) is 7.80. The number of aromatic nitrogens is 2. The van der Waals surface area contributed by atoms with Crippen LogP contribution in [0.25, 0.3) is 0 Å². The van der Waals surface area contributed by atoms with Crippen molar-refractivity contribution in [3.8, 4) is 0 Å². The molecule has 3 N–H and O–H groups in total. The van der Waals surface area contributed by atoms with Gasteiger partial charge in [-0.3, -0.25) is 5.32 Å². The Kier molecular flexibility index (Phi) is 4.24. The first kappa shape index (κ1) is 10.8. The van der Waals surface area contributed by atoms with Crippen molar-refractivity contribution in [2.45, 2.75) is 18.9 Å². The Hall–Kier alpha value is -1.24. The number of methoxy groups -OCH3 is 1. The first-order chi connectivity index (χ1) is 6.76. The van der Waals surface area contributed by atoms with Crippen LogP contribution in [0.4, 0.5) is 0 Å². The molecule has 1 unspecified atom stereocenters. The predicted molar refractivity (Wildman–Crippen MR) is 48.3 cm³/mol. The van der Waals surface area contributed by atoms with Crippen molar-refractivity contribution in [1.82, 2.24) is 15.3 Å². The number of aromatic amines is 1. The molecule has 6 nitrogen and oxygen atoms in total. The third-order valence-corrected chi connectivity index (χ3v) is 1.74. The second kappa shape index (κ2) is 5.48. The van der Waals surface area contributed by atoms with Gasteiger partial charge in [-0.25, -0.2) is 4.98 Å². The minimum absolute atomic E-state index is 0.434. The first-order valence-corrected chi connectivity index (χ1v) is 4.15. The number of aldehydes is 1. The van der Waals surface area contributed by atoms with Crippen LogP contribution in [-0.2, 0) is 16.0 Å². The molecule has 0 aliphatic carbocycles. The summed E-state index contributed by atoms with van der Waals surface area (Å²) in [6.07, 6.45) is 3.17. The molecule has 1 heterocycles. The van der Waals surface area contributed by atoms with E-state index >= 15 is 0 Å². The van der Waals surface area contributed by atoms with Gasteiger partial charge in [0.1, 0.15) is 6.29 Å². The summed E-state index contributed by atoms with van der Waals surface area (Å²) >= 11 is 0. The van der Waals surface area contributed by atoms with E-state index in [4.69, 9.17) is 5.11 Å². The summed E-state index contributed by atoms with van der Waals surface area (Å²) in [7, 11) is 1.34. The Labute approximate surface area is 81.3 Å². The highest BCUT2D eigenvalue weighted by atomic mass is 16.6. The maximum Gasteiger partial charge on any atom is 0.213 e. The molecule has 0 aliphatic rings. The second-order valence-corrected chi connectivity index (χ2v) is 2.78. The van der Waals surface area contributed by atoms with Crippen LogP contribution in [0.15, 0.2) is 12.5 Å². The highest BCUT2D eigenvalue weighted by Gasteiger charge is 2.12. The van der Waals surface area contributed by atoms with Crippen LogP contribution >= 0.6 is 0 Å². The van der Waals surface area contributed by atoms with Gasteiger partial charge in [0, 0.05) is 25.4 Å². The standard InChI is InChI=1S/C8H13N3O3/c1-14-8(13)11-7(4-12)2-6-3-9-5-10-6/h3-5,7-8,11,13H,2H2,1H3,(H,9,10)/t7-,8?/m1/s1. The van der Waals surface area contributed by atoms with E-state index in [-0.39, 0.29) is 0 Å². The lowest BCUT2D eigenvalue weighted by molar-refractivity contribution is -0.121. The minimum atomic E-state index is -1.13. The number of aliphatic hydroxyl groups excluding tert-OH is 1. The fourth-order valence-corrected chi connectivity index (χ4v) is 1.03. The lowest BCUT2D eigenvalue weighted by Crippen LogP contribution is -2.41. The zero-order chi connectivity index (χ0) is 10.4. The van der Waals surface area contributed by atoms with Gasteiger partial charge in [0.05, 0.1) is 12.4 Å². The molecule has 2 atom stereocenters. The first-order valence-electron chi connectivity index (χ1n) is 4.15. The van der Waals surface area contributed by atoms with Crippen LogP contribution < -0.4 is 5.32 Å². The fraction of sp³-hybridized carbons (Fsp3) is 0.500. The molecular weight excluding hydrogens is 186 g/mol. The van der Waals surface area contributed by atoms with Crippen LogP contribution in [0, 0.1) is 0 Å². The molecule has 0 aliphatic heterocycles. The van der Waals surface area contributed by atoms with E-state index in [1.807, 2.05) is 0 Å². The van der Waals surface area contributed by atoms with Gasteiger partial charge in [0.25, 0.3) is 0 Å². The molecule has 0 fully saturated rings. The summed E-state index contributed by atoms with van der Waals surface area (Å²) in [6, 6.07) is -0.495. The van der Waals surface area contributed by atoms with Crippen molar-refractivity contribution in [3.05, 3.63) is 18.2 Å².